The van der Waals surface area contributed by atoms with Crippen molar-refractivity contribution in [2.75, 3.05) is 6.54 Å². The molecule has 3 nitrogen and oxygen atoms in total. The number of fused-ring (bicyclic) bond motifs is 1. The van der Waals surface area contributed by atoms with E-state index in [4.69, 9.17) is 17.3 Å². The first kappa shape index (κ1) is 13.0. The molecular weight excluding hydrogens is 258 g/mol. The molecule has 0 saturated carbocycles. The molecule has 2 aromatic rings. The van der Waals surface area contributed by atoms with Crippen molar-refractivity contribution in [1.29, 1.82) is 0 Å². The Kier molecular flexibility index (Phi) is 3.52. The molecule has 0 bridgehead atoms. The van der Waals surface area contributed by atoms with Crippen LogP contribution in [0.2, 0.25) is 5.02 Å². The van der Waals surface area contributed by atoms with Gasteiger partial charge in [-0.1, -0.05) is 17.7 Å². The number of nitrogens with one attached hydrogen (secondary N) is 1. The van der Waals surface area contributed by atoms with E-state index in [1.165, 1.54) is 10.9 Å². The maximum atomic E-state index is 6.02. The predicted octanol–water partition coefficient (Wildman–Crippen LogP) is 3.13. The molecule has 2 heterocycles. The molecule has 0 aliphatic carbocycles. The van der Waals surface area contributed by atoms with Gasteiger partial charge in [0.15, 0.2) is 0 Å². The van der Waals surface area contributed by atoms with Crippen molar-refractivity contribution in [3.63, 3.8) is 0 Å². The predicted molar refractivity (Wildman–Crippen MR) is 80.4 cm³/mol. The molecule has 4 heteroatoms. The highest BCUT2D eigenvalue weighted by Gasteiger charge is 2.23. The Hall–Kier alpha value is -1.03. The van der Waals surface area contributed by atoms with E-state index in [9.17, 15) is 0 Å². The number of nitrogens with two attached hydrogens (primary N) is 1. The van der Waals surface area contributed by atoms with Gasteiger partial charge >= 0.3 is 0 Å². The van der Waals surface area contributed by atoms with Crippen LogP contribution in [0.25, 0.3) is 10.9 Å². The van der Waals surface area contributed by atoms with Gasteiger partial charge in [0.2, 0.25) is 0 Å². The third-order valence-electron chi connectivity index (χ3n) is 4.16. The lowest BCUT2D eigenvalue weighted by Gasteiger charge is -2.36. The minimum absolute atomic E-state index is 0.369. The minimum atomic E-state index is 0.369. The summed E-state index contributed by atoms with van der Waals surface area (Å²) in [5.74, 6) is 0. The largest absolute Gasteiger partial charge is 0.361 e. The van der Waals surface area contributed by atoms with Crippen LogP contribution in [0.3, 0.4) is 0 Å². The number of piperidine rings is 1. The third kappa shape index (κ3) is 2.64. The number of aromatic amines is 1. The molecule has 0 spiro atoms. The first-order valence-electron chi connectivity index (χ1n) is 6.88. The number of nitrogens with zero attached hydrogens (tertiary/aromatic N) is 1. The van der Waals surface area contributed by atoms with Gasteiger partial charge in [0.05, 0.1) is 0 Å². The second kappa shape index (κ2) is 5.16. The fourth-order valence-corrected chi connectivity index (χ4v) is 3.17. The van der Waals surface area contributed by atoms with E-state index in [0.717, 1.165) is 36.5 Å². The average molecular weight is 278 g/mol. The van der Waals surface area contributed by atoms with Crippen molar-refractivity contribution in [2.24, 2.45) is 5.73 Å². The Morgan fingerprint density at radius 1 is 1.47 bits per heavy atom. The zero-order chi connectivity index (χ0) is 13.4. The standard InChI is InChI=1S/C15H20ClN3/c1-10-6-13(17)4-5-19(10)9-11-8-18-15-7-12(16)2-3-14(11)15/h2-3,7-8,10,13,18H,4-6,9,17H2,1H3. The van der Waals surface area contributed by atoms with Gasteiger partial charge in [0.25, 0.3) is 0 Å². The Morgan fingerprint density at radius 2 is 2.32 bits per heavy atom. The first-order chi connectivity index (χ1) is 9.13. The summed E-state index contributed by atoms with van der Waals surface area (Å²) >= 11 is 6.01. The summed E-state index contributed by atoms with van der Waals surface area (Å²) in [6.07, 6.45) is 4.29. The molecule has 102 valence electrons. The van der Waals surface area contributed by atoms with Crippen LogP contribution in [0.4, 0.5) is 0 Å². The summed E-state index contributed by atoms with van der Waals surface area (Å²) in [6, 6.07) is 6.96. The number of halogens is 1. The van der Waals surface area contributed by atoms with Crippen LogP contribution >= 0.6 is 11.6 Å². The monoisotopic (exact) mass is 277 g/mol. The summed E-state index contributed by atoms with van der Waals surface area (Å²) < 4.78 is 0. The van der Waals surface area contributed by atoms with E-state index in [2.05, 4.69) is 29.1 Å². The van der Waals surface area contributed by atoms with E-state index >= 15 is 0 Å². The van der Waals surface area contributed by atoms with Gasteiger partial charge in [-0.25, -0.2) is 0 Å². The zero-order valence-corrected chi connectivity index (χ0v) is 12.0. The maximum Gasteiger partial charge on any atom is 0.0472 e. The zero-order valence-electron chi connectivity index (χ0n) is 11.2. The van der Waals surface area contributed by atoms with Gasteiger partial charge < -0.3 is 10.7 Å². The van der Waals surface area contributed by atoms with Crippen LogP contribution in [0.15, 0.2) is 24.4 Å². The molecule has 1 aliphatic rings. The summed E-state index contributed by atoms with van der Waals surface area (Å²) in [6.45, 7) is 4.34. The van der Waals surface area contributed by atoms with Gasteiger partial charge in [-0.15, -0.1) is 0 Å². The summed E-state index contributed by atoms with van der Waals surface area (Å²) in [5.41, 5.74) is 8.48. The van der Waals surface area contributed by atoms with Crippen molar-refractivity contribution < 1.29 is 0 Å². The smallest absolute Gasteiger partial charge is 0.0472 e. The number of benzene rings is 1. The highest BCUT2D eigenvalue weighted by Crippen LogP contribution is 2.25. The quantitative estimate of drug-likeness (QED) is 0.886. The Bertz CT molecular complexity index is 578. The number of H-pyrrole nitrogens is 1. The lowest BCUT2D eigenvalue weighted by Crippen LogP contribution is -2.44. The van der Waals surface area contributed by atoms with E-state index in [1.807, 2.05) is 12.1 Å². The van der Waals surface area contributed by atoms with Crippen LogP contribution in [0.5, 0.6) is 0 Å². The van der Waals surface area contributed by atoms with Crippen LogP contribution in [-0.4, -0.2) is 28.5 Å². The van der Waals surface area contributed by atoms with Crippen molar-refractivity contribution in [2.45, 2.75) is 38.4 Å². The molecule has 1 aromatic carbocycles. The average Bonchev–Trinajstić information content (AvgIpc) is 2.75. The van der Waals surface area contributed by atoms with Crippen molar-refractivity contribution >= 4 is 22.5 Å². The fraction of sp³-hybridized carbons (Fsp3) is 0.467. The van der Waals surface area contributed by atoms with Gasteiger partial charge in [-0.3, -0.25) is 4.90 Å². The highest BCUT2D eigenvalue weighted by molar-refractivity contribution is 6.31. The molecule has 19 heavy (non-hydrogen) atoms. The van der Waals surface area contributed by atoms with Crippen molar-refractivity contribution in [3.05, 3.63) is 35.0 Å². The number of hydrogen-bond acceptors (Lipinski definition) is 2. The lowest BCUT2D eigenvalue weighted by atomic mass is 9.98. The number of likely N-dealkylation sites (tertiary alicyclic amines) is 1. The van der Waals surface area contributed by atoms with Gasteiger partial charge in [-0.05, 0) is 37.5 Å². The second-order valence-corrected chi connectivity index (χ2v) is 6.04. The van der Waals surface area contributed by atoms with Gasteiger partial charge in [0.1, 0.15) is 0 Å². The van der Waals surface area contributed by atoms with Crippen molar-refractivity contribution in [3.8, 4) is 0 Å². The summed E-state index contributed by atoms with van der Waals surface area (Å²) in [5, 5.41) is 2.05. The maximum absolute atomic E-state index is 6.02. The van der Waals surface area contributed by atoms with E-state index < -0.39 is 0 Å². The molecule has 1 fully saturated rings. The fourth-order valence-electron chi connectivity index (χ4n) is 3.00. The summed E-state index contributed by atoms with van der Waals surface area (Å²) in [4.78, 5) is 5.82. The second-order valence-electron chi connectivity index (χ2n) is 5.61. The summed E-state index contributed by atoms with van der Waals surface area (Å²) in [7, 11) is 0. The third-order valence-corrected chi connectivity index (χ3v) is 4.39. The molecule has 3 rings (SSSR count). The van der Waals surface area contributed by atoms with Gasteiger partial charge in [-0.2, -0.15) is 0 Å². The molecule has 1 aliphatic heterocycles. The highest BCUT2D eigenvalue weighted by atomic mass is 35.5. The molecule has 3 N–H and O–H groups in total. The Morgan fingerprint density at radius 3 is 3.11 bits per heavy atom. The topological polar surface area (TPSA) is 45.0 Å². The SMILES string of the molecule is CC1CC(N)CCN1Cc1c[nH]c2cc(Cl)ccc12. The number of aromatic nitrogens is 1. The van der Waals surface area contributed by atoms with Crippen LogP contribution < -0.4 is 5.73 Å². The number of hydrogen-bond donors (Lipinski definition) is 2. The molecule has 0 amide bonds. The lowest BCUT2D eigenvalue weighted by molar-refractivity contribution is 0.140. The molecule has 2 atom stereocenters. The molecular formula is C15H20ClN3. The minimum Gasteiger partial charge on any atom is -0.361 e. The Balaban J connectivity index is 1.81. The van der Waals surface area contributed by atoms with Crippen molar-refractivity contribution in [1.82, 2.24) is 9.88 Å². The van der Waals surface area contributed by atoms with Gasteiger partial charge in [0, 0.05) is 47.3 Å². The molecule has 1 saturated heterocycles. The Labute approximate surface area is 118 Å². The van der Waals surface area contributed by atoms with Crippen LogP contribution in [0.1, 0.15) is 25.3 Å². The molecule has 0 radical (unpaired) electrons. The first-order valence-corrected chi connectivity index (χ1v) is 7.26. The molecule has 1 aromatic heterocycles. The van der Waals surface area contributed by atoms with E-state index in [-0.39, 0.29) is 0 Å². The molecule has 2 unspecified atom stereocenters. The number of rotatable bonds is 2. The van der Waals surface area contributed by atoms with Crippen LogP contribution in [0, 0.1) is 0 Å². The van der Waals surface area contributed by atoms with E-state index in [0.29, 0.717) is 12.1 Å². The normalized spacial score (nSPS) is 25.0. The van der Waals surface area contributed by atoms with Crippen LogP contribution in [-0.2, 0) is 6.54 Å². The van der Waals surface area contributed by atoms with E-state index in [1.54, 1.807) is 0 Å².